The number of hydrogen-bond acceptors (Lipinski definition) is 9. The molecule has 0 saturated carbocycles. The van der Waals surface area contributed by atoms with E-state index in [1.807, 2.05) is 64.1 Å². The van der Waals surface area contributed by atoms with Gasteiger partial charge < -0.3 is 19.6 Å². The lowest BCUT2D eigenvalue weighted by Crippen LogP contribution is -2.50. The van der Waals surface area contributed by atoms with Crippen molar-refractivity contribution in [1.82, 2.24) is 19.6 Å². The number of nitro benzene ring substituents is 2. The number of rotatable bonds is 14. The van der Waals surface area contributed by atoms with Gasteiger partial charge in [-0.25, -0.2) is 0 Å². The number of piperazine rings is 2. The molecule has 4 aromatic carbocycles. The van der Waals surface area contributed by atoms with Gasteiger partial charge in [0.2, 0.25) is 23.6 Å². The van der Waals surface area contributed by atoms with Crippen LogP contribution in [-0.4, -0.2) is 105 Å². The van der Waals surface area contributed by atoms with Gasteiger partial charge in [-0.05, 0) is 69.5 Å². The zero-order valence-electron chi connectivity index (χ0n) is 37.8. The van der Waals surface area contributed by atoms with Crippen molar-refractivity contribution in [3.8, 4) is 22.3 Å². The monoisotopic (exact) mass is 900 g/mol. The fraction of sp³-hybridized carbons (Fsp3) is 0.360. The Labute approximate surface area is 384 Å². The summed E-state index contributed by atoms with van der Waals surface area (Å²) in [5.74, 6) is -0.583. The van der Waals surface area contributed by atoms with E-state index in [1.54, 1.807) is 82.0 Å². The number of hydrogen-bond donors (Lipinski definition) is 0. The van der Waals surface area contributed by atoms with Gasteiger partial charge in [-0.2, -0.15) is 0 Å². The Balaban J connectivity index is 1.46. The van der Waals surface area contributed by atoms with E-state index in [1.165, 1.54) is 12.2 Å². The molecule has 6 rings (SSSR count). The normalized spacial score (nSPS) is 14.5. The lowest BCUT2D eigenvalue weighted by molar-refractivity contribution is -0.387. The van der Waals surface area contributed by atoms with E-state index in [9.17, 15) is 39.4 Å². The third kappa shape index (κ3) is 10.8. The van der Waals surface area contributed by atoms with Crippen LogP contribution in [0.2, 0.25) is 0 Å². The number of benzene rings is 4. The molecule has 0 aromatic heterocycles. The standard InChI is InChI=1S/C50H56N6O8S/c1-7-43(57)51-25-29-53(30-26-51)45(59)23-19-35-17-21-41(49(55(61)62)47(35)39-15-11-9-13-37(39)33(3)4)65-42-22-18-36(20-24-46(60)54-31-27-52(28-32-54)44(58)8-2)48(50(42)56(63)64)40-16-12-10-14-38(40)34(5)6/h9-24,33-34H,7-8,25-32H2,1-6H3/b23-19+,24-20+. The number of amides is 4. The van der Waals surface area contributed by atoms with Crippen LogP contribution in [0, 0.1) is 20.2 Å². The molecule has 0 radical (unpaired) electrons. The molecule has 0 N–H and O–H groups in total. The van der Waals surface area contributed by atoms with E-state index in [0.29, 0.717) is 87.5 Å². The predicted molar refractivity (Wildman–Crippen MR) is 254 cm³/mol. The second-order valence-corrected chi connectivity index (χ2v) is 17.7. The molecule has 2 heterocycles. The molecule has 65 heavy (non-hydrogen) atoms. The first kappa shape index (κ1) is 47.9. The van der Waals surface area contributed by atoms with Crippen molar-refractivity contribution in [2.24, 2.45) is 0 Å². The summed E-state index contributed by atoms with van der Waals surface area (Å²) in [5, 5.41) is 26.9. The third-order valence-electron chi connectivity index (χ3n) is 11.9. The molecule has 0 spiro atoms. The zero-order chi connectivity index (χ0) is 46.9. The average molecular weight is 901 g/mol. The van der Waals surface area contributed by atoms with Gasteiger partial charge in [-0.1, -0.05) is 114 Å². The van der Waals surface area contributed by atoms with Crippen LogP contribution in [0.4, 0.5) is 11.4 Å². The highest BCUT2D eigenvalue weighted by molar-refractivity contribution is 7.99. The van der Waals surface area contributed by atoms with Crippen molar-refractivity contribution in [2.45, 2.75) is 76.0 Å². The maximum atomic E-state index is 13.5. The molecular formula is C50H56N6O8S. The van der Waals surface area contributed by atoms with Gasteiger partial charge in [-0.3, -0.25) is 39.4 Å². The molecule has 0 unspecified atom stereocenters. The number of nitrogens with zero attached hydrogens (tertiary/aromatic N) is 6. The highest BCUT2D eigenvalue weighted by Crippen LogP contribution is 2.50. The lowest BCUT2D eigenvalue weighted by atomic mass is 9.89. The Morgan fingerprint density at radius 1 is 0.554 bits per heavy atom. The Kier molecular flexibility index (Phi) is 15.7. The molecule has 15 heteroatoms. The molecule has 2 fully saturated rings. The first-order valence-corrected chi connectivity index (χ1v) is 22.9. The first-order valence-electron chi connectivity index (χ1n) is 22.1. The van der Waals surface area contributed by atoms with Crippen LogP contribution < -0.4 is 0 Å². The Bertz CT molecular complexity index is 2360. The van der Waals surface area contributed by atoms with Crippen LogP contribution in [0.5, 0.6) is 0 Å². The molecule has 4 aromatic rings. The molecule has 14 nitrogen and oxygen atoms in total. The van der Waals surface area contributed by atoms with Gasteiger partial charge in [0.25, 0.3) is 11.4 Å². The van der Waals surface area contributed by atoms with Crippen LogP contribution in [0.3, 0.4) is 0 Å². The second kappa shape index (κ2) is 21.4. The molecule has 340 valence electrons. The Morgan fingerprint density at radius 3 is 1.22 bits per heavy atom. The van der Waals surface area contributed by atoms with E-state index < -0.39 is 9.85 Å². The van der Waals surface area contributed by atoms with Crippen molar-refractivity contribution in [2.75, 3.05) is 52.4 Å². The number of nitro groups is 2. The predicted octanol–water partition coefficient (Wildman–Crippen LogP) is 9.42. The fourth-order valence-electron chi connectivity index (χ4n) is 8.45. The molecule has 2 aliphatic rings. The summed E-state index contributed by atoms with van der Waals surface area (Å²) in [6.07, 6.45) is 6.73. The molecule has 0 aliphatic carbocycles. The minimum atomic E-state index is -0.473. The van der Waals surface area contributed by atoms with Gasteiger partial charge in [0.15, 0.2) is 0 Å². The van der Waals surface area contributed by atoms with Gasteiger partial charge in [0, 0.05) is 77.4 Å². The van der Waals surface area contributed by atoms with Gasteiger partial charge in [0.1, 0.15) is 0 Å². The topological polar surface area (TPSA) is 168 Å². The van der Waals surface area contributed by atoms with Crippen molar-refractivity contribution >= 4 is 58.9 Å². The maximum Gasteiger partial charge on any atom is 0.291 e. The number of carbonyl (C=O) groups excluding carboxylic acids is 4. The minimum absolute atomic E-state index is 0.0288. The molecule has 0 bridgehead atoms. The molecular weight excluding hydrogens is 845 g/mol. The van der Waals surface area contributed by atoms with Crippen LogP contribution in [0.15, 0.2) is 94.7 Å². The minimum Gasteiger partial charge on any atom is -0.339 e. The van der Waals surface area contributed by atoms with Crippen LogP contribution in [0.25, 0.3) is 34.4 Å². The van der Waals surface area contributed by atoms with Gasteiger partial charge >= 0.3 is 0 Å². The second-order valence-electron chi connectivity index (χ2n) is 16.6. The fourth-order valence-corrected chi connectivity index (χ4v) is 9.51. The van der Waals surface area contributed by atoms with Crippen LogP contribution in [-0.2, 0) is 19.2 Å². The highest BCUT2D eigenvalue weighted by atomic mass is 32.2. The smallest absolute Gasteiger partial charge is 0.291 e. The molecule has 4 amide bonds. The van der Waals surface area contributed by atoms with Gasteiger partial charge in [0.05, 0.1) is 30.8 Å². The largest absolute Gasteiger partial charge is 0.339 e. The van der Waals surface area contributed by atoms with Crippen LogP contribution in [0.1, 0.15) is 88.5 Å². The van der Waals surface area contributed by atoms with E-state index in [-0.39, 0.29) is 67.8 Å². The summed E-state index contributed by atoms with van der Waals surface area (Å²) in [6, 6.07) is 21.3. The summed E-state index contributed by atoms with van der Waals surface area (Å²) in [4.78, 5) is 84.5. The lowest BCUT2D eigenvalue weighted by Gasteiger charge is -2.34. The van der Waals surface area contributed by atoms with Crippen molar-refractivity contribution in [3.05, 3.63) is 127 Å². The first-order chi connectivity index (χ1) is 31.1. The highest BCUT2D eigenvalue weighted by Gasteiger charge is 2.32. The maximum absolute atomic E-state index is 13.5. The van der Waals surface area contributed by atoms with E-state index >= 15 is 0 Å². The third-order valence-corrected chi connectivity index (χ3v) is 13.0. The van der Waals surface area contributed by atoms with E-state index in [0.717, 1.165) is 22.9 Å². The molecule has 2 saturated heterocycles. The Hall–Kier alpha value is -6.61. The van der Waals surface area contributed by atoms with E-state index in [4.69, 9.17) is 0 Å². The van der Waals surface area contributed by atoms with Crippen LogP contribution >= 0.6 is 11.8 Å². The summed E-state index contributed by atoms with van der Waals surface area (Å²) < 4.78 is 0. The van der Waals surface area contributed by atoms with Crippen molar-refractivity contribution in [3.63, 3.8) is 0 Å². The summed E-state index contributed by atoms with van der Waals surface area (Å²) in [7, 11) is 0. The quantitative estimate of drug-likeness (QED) is 0.0680. The van der Waals surface area contributed by atoms with Crippen molar-refractivity contribution in [1.29, 1.82) is 0 Å². The van der Waals surface area contributed by atoms with Gasteiger partial charge in [-0.15, -0.1) is 0 Å². The Morgan fingerprint density at radius 2 is 0.892 bits per heavy atom. The zero-order valence-corrected chi connectivity index (χ0v) is 38.6. The summed E-state index contributed by atoms with van der Waals surface area (Å²) in [6.45, 7) is 14.7. The van der Waals surface area contributed by atoms with E-state index in [2.05, 4.69) is 0 Å². The SMILES string of the molecule is CCC(=O)N1CCN(C(=O)/C=C/c2ccc(Sc3ccc(/C=C/C(=O)N4CCN(C(=O)CC)CC4)c(-c4ccccc4C(C)C)c3[N+](=O)[O-])c([N+](=O)[O-])c2-c2ccccc2C(C)C)CC1. The molecule has 0 atom stereocenters. The summed E-state index contributed by atoms with van der Waals surface area (Å²) >= 11 is 0.918. The average Bonchev–Trinajstić information content (AvgIpc) is 3.31. The molecule has 2 aliphatic heterocycles. The summed E-state index contributed by atoms with van der Waals surface area (Å²) in [5.41, 5.74) is 3.75. The van der Waals surface area contributed by atoms with Crippen molar-refractivity contribution < 1.29 is 29.0 Å². The number of carbonyl (C=O) groups is 4.